The standard InChI is InChI=1S/C27H46O5/c1-14(2)21(28)12-22(29)15(3)17-6-7-18-16-10-23(30)20-11-24(31)25(32)13-27(20,5)19(16)8-9-26(17,18)4/h14-22,24-25,28-29,31-32H,6-13H2,1-5H3/t15-,16-,17+,18-,19-,20+,21+,22-,24-,25+,26+,27+/m0/s1. The summed E-state index contributed by atoms with van der Waals surface area (Å²) < 4.78 is 0. The van der Waals surface area contributed by atoms with Gasteiger partial charge in [0.1, 0.15) is 5.78 Å². The van der Waals surface area contributed by atoms with Crippen LogP contribution in [0.2, 0.25) is 0 Å². The fraction of sp³-hybridized carbons (Fsp3) is 0.963. The molecule has 5 heteroatoms. The third kappa shape index (κ3) is 3.79. The number of hydrogen-bond donors (Lipinski definition) is 4. The van der Waals surface area contributed by atoms with Crippen LogP contribution in [0.25, 0.3) is 0 Å². The van der Waals surface area contributed by atoms with E-state index in [1.807, 2.05) is 13.8 Å². The van der Waals surface area contributed by atoms with Gasteiger partial charge in [-0.1, -0.05) is 34.6 Å². The maximum absolute atomic E-state index is 13.3. The van der Waals surface area contributed by atoms with E-state index >= 15 is 0 Å². The van der Waals surface area contributed by atoms with Gasteiger partial charge in [-0.3, -0.25) is 4.79 Å². The van der Waals surface area contributed by atoms with Crippen LogP contribution in [0.1, 0.15) is 86.0 Å². The molecule has 4 fully saturated rings. The van der Waals surface area contributed by atoms with Crippen molar-refractivity contribution in [2.24, 2.45) is 52.3 Å². The van der Waals surface area contributed by atoms with Gasteiger partial charge in [0.05, 0.1) is 24.4 Å². The molecule has 0 aromatic carbocycles. The van der Waals surface area contributed by atoms with Crippen molar-refractivity contribution in [3.63, 3.8) is 0 Å². The molecule has 0 amide bonds. The average molecular weight is 451 g/mol. The molecule has 4 rings (SSSR count). The molecule has 4 N–H and O–H groups in total. The largest absolute Gasteiger partial charge is 0.393 e. The van der Waals surface area contributed by atoms with Crippen LogP contribution in [0.4, 0.5) is 0 Å². The minimum atomic E-state index is -0.776. The number of fused-ring (bicyclic) bond motifs is 5. The lowest BCUT2D eigenvalue weighted by molar-refractivity contribution is -0.174. The molecule has 4 aliphatic carbocycles. The summed E-state index contributed by atoms with van der Waals surface area (Å²) >= 11 is 0. The molecule has 12 atom stereocenters. The van der Waals surface area contributed by atoms with Gasteiger partial charge >= 0.3 is 0 Å². The van der Waals surface area contributed by atoms with E-state index in [-0.39, 0.29) is 28.6 Å². The summed E-state index contributed by atoms with van der Waals surface area (Å²) in [5.41, 5.74) is -0.106. The summed E-state index contributed by atoms with van der Waals surface area (Å²) in [4.78, 5) is 13.3. The van der Waals surface area contributed by atoms with E-state index in [1.165, 1.54) is 0 Å². The molecule has 0 aliphatic heterocycles. The van der Waals surface area contributed by atoms with Gasteiger partial charge in [-0.25, -0.2) is 0 Å². The zero-order chi connectivity index (χ0) is 23.6. The van der Waals surface area contributed by atoms with Crippen LogP contribution < -0.4 is 0 Å². The molecule has 32 heavy (non-hydrogen) atoms. The normalized spacial score (nSPS) is 49.2. The van der Waals surface area contributed by atoms with Crippen molar-refractivity contribution in [1.82, 2.24) is 0 Å². The van der Waals surface area contributed by atoms with E-state index in [4.69, 9.17) is 0 Å². The molecule has 4 saturated carbocycles. The van der Waals surface area contributed by atoms with Crippen molar-refractivity contribution < 1.29 is 25.2 Å². The predicted molar refractivity (Wildman–Crippen MR) is 124 cm³/mol. The van der Waals surface area contributed by atoms with Crippen LogP contribution in [0.3, 0.4) is 0 Å². The van der Waals surface area contributed by atoms with Crippen LogP contribution in [0, 0.1) is 52.3 Å². The molecule has 5 nitrogen and oxygen atoms in total. The number of aliphatic hydroxyl groups excluding tert-OH is 4. The van der Waals surface area contributed by atoms with Crippen LogP contribution in [-0.4, -0.2) is 50.6 Å². The molecule has 0 aromatic heterocycles. The van der Waals surface area contributed by atoms with E-state index in [0.717, 1.165) is 25.7 Å². The highest BCUT2D eigenvalue weighted by Gasteiger charge is 2.63. The second-order valence-electron chi connectivity index (χ2n) is 12.9. The Morgan fingerprint density at radius 3 is 2.25 bits per heavy atom. The maximum atomic E-state index is 13.3. The first-order valence-electron chi connectivity index (χ1n) is 13.1. The zero-order valence-corrected chi connectivity index (χ0v) is 20.7. The lowest BCUT2D eigenvalue weighted by atomic mass is 9.44. The number of Topliss-reactive ketones (excluding diaryl/α,β-unsaturated/α-hetero) is 1. The Morgan fingerprint density at radius 2 is 1.59 bits per heavy atom. The van der Waals surface area contributed by atoms with Crippen molar-refractivity contribution in [2.75, 3.05) is 0 Å². The Balaban J connectivity index is 1.54. The van der Waals surface area contributed by atoms with E-state index < -0.39 is 24.4 Å². The highest BCUT2D eigenvalue weighted by atomic mass is 16.3. The van der Waals surface area contributed by atoms with Crippen molar-refractivity contribution in [3.05, 3.63) is 0 Å². The first-order valence-corrected chi connectivity index (χ1v) is 13.1. The summed E-state index contributed by atoms with van der Waals surface area (Å²) in [6.07, 6.45) is 3.84. The number of carbonyl (C=O) groups excluding carboxylic acids is 1. The molecule has 0 radical (unpaired) electrons. The first-order chi connectivity index (χ1) is 14.9. The lowest BCUT2D eigenvalue weighted by Gasteiger charge is -2.61. The average Bonchev–Trinajstić information content (AvgIpc) is 3.06. The quantitative estimate of drug-likeness (QED) is 0.513. The number of carbonyl (C=O) groups is 1. The molecule has 4 aliphatic rings. The van der Waals surface area contributed by atoms with E-state index in [9.17, 15) is 25.2 Å². The van der Waals surface area contributed by atoms with Crippen molar-refractivity contribution in [3.8, 4) is 0 Å². The molecule has 0 spiro atoms. The van der Waals surface area contributed by atoms with Gasteiger partial charge in [-0.2, -0.15) is 0 Å². The zero-order valence-electron chi connectivity index (χ0n) is 20.7. The third-order valence-corrected chi connectivity index (χ3v) is 11.0. The summed E-state index contributed by atoms with van der Waals surface area (Å²) in [7, 11) is 0. The van der Waals surface area contributed by atoms with Gasteiger partial charge in [0, 0.05) is 12.3 Å². The Kier molecular flexibility index (Phi) is 6.64. The lowest BCUT2D eigenvalue weighted by Crippen LogP contribution is -2.59. The monoisotopic (exact) mass is 450 g/mol. The highest BCUT2D eigenvalue weighted by Crippen LogP contribution is 2.67. The predicted octanol–water partition coefficient (Wildman–Crippen LogP) is 3.56. The van der Waals surface area contributed by atoms with Gasteiger partial charge < -0.3 is 20.4 Å². The molecule has 0 unspecified atom stereocenters. The minimum absolute atomic E-state index is 0.112. The summed E-state index contributed by atoms with van der Waals surface area (Å²) in [6, 6.07) is 0. The SMILES string of the molecule is CC(C)[C@H](O)C[C@H](O)[C@@H](C)[C@H]1CC[C@H]2[C@@H]3CC(=O)[C@H]4C[C@H](O)[C@H](O)C[C@]4(C)[C@H]3CC[C@]12C. The molecule has 0 heterocycles. The summed E-state index contributed by atoms with van der Waals surface area (Å²) in [6.45, 7) is 10.7. The Labute approximate surface area is 194 Å². The second-order valence-corrected chi connectivity index (χ2v) is 12.9. The Hall–Kier alpha value is -0.490. The maximum Gasteiger partial charge on any atom is 0.136 e. The molecule has 0 saturated heterocycles. The van der Waals surface area contributed by atoms with Crippen molar-refractivity contribution >= 4 is 5.78 Å². The van der Waals surface area contributed by atoms with Crippen LogP contribution >= 0.6 is 0 Å². The van der Waals surface area contributed by atoms with Gasteiger partial charge in [0.2, 0.25) is 0 Å². The fourth-order valence-electron chi connectivity index (χ4n) is 8.98. The van der Waals surface area contributed by atoms with Crippen LogP contribution in [-0.2, 0) is 4.79 Å². The van der Waals surface area contributed by atoms with Crippen LogP contribution in [0.15, 0.2) is 0 Å². The molecular formula is C27H46O5. The topological polar surface area (TPSA) is 98.0 Å². The Bertz CT molecular complexity index is 708. The van der Waals surface area contributed by atoms with Crippen molar-refractivity contribution in [1.29, 1.82) is 0 Å². The van der Waals surface area contributed by atoms with E-state index in [1.54, 1.807) is 0 Å². The van der Waals surface area contributed by atoms with Crippen LogP contribution in [0.5, 0.6) is 0 Å². The van der Waals surface area contributed by atoms with Gasteiger partial charge in [-0.05, 0) is 91.3 Å². The smallest absolute Gasteiger partial charge is 0.136 e. The van der Waals surface area contributed by atoms with Gasteiger partial charge in [0.15, 0.2) is 0 Å². The first kappa shape index (κ1) is 24.6. The molecule has 0 bridgehead atoms. The fourth-order valence-corrected chi connectivity index (χ4v) is 8.98. The number of aliphatic hydroxyl groups is 4. The Morgan fingerprint density at radius 1 is 0.938 bits per heavy atom. The van der Waals surface area contributed by atoms with Crippen molar-refractivity contribution in [2.45, 2.75) is 110 Å². The number of ketones is 1. The molecular weight excluding hydrogens is 404 g/mol. The number of rotatable bonds is 5. The van der Waals surface area contributed by atoms with Gasteiger partial charge in [0.25, 0.3) is 0 Å². The molecule has 0 aromatic rings. The van der Waals surface area contributed by atoms with Gasteiger partial charge in [-0.15, -0.1) is 0 Å². The summed E-state index contributed by atoms with van der Waals surface area (Å²) in [5, 5.41) is 42.0. The third-order valence-electron chi connectivity index (χ3n) is 11.0. The highest BCUT2D eigenvalue weighted by molar-refractivity contribution is 5.83. The van der Waals surface area contributed by atoms with E-state index in [2.05, 4.69) is 20.8 Å². The molecule has 184 valence electrons. The minimum Gasteiger partial charge on any atom is -0.393 e. The summed E-state index contributed by atoms with van der Waals surface area (Å²) in [5.74, 6) is 2.09. The number of hydrogen-bond acceptors (Lipinski definition) is 5. The second kappa shape index (κ2) is 8.62. The van der Waals surface area contributed by atoms with E-state index in [0.29, 0.717) is 55.1 Å².